The number of hydrogen-bond acceptors (Lipinski definition) is 5. The SMILES string of the molecule is Cc1nc(CN2CCN([C@@H](C(N)=O)c3ccc(F)cc3)CC2)cs1. The number of nitrogens with zero attached hydrogens (tertiary/aromatic N) is 3. The summed E-state index contributed by atoms with van der Waals surface area (Å²) in [5, 5.41) is 3.17. The molecule has 0 aliphatic carbocycles. The van der Waals surface area contributed by atoms with Crippen LogP contribution in [-0.4, -0.2) is 46.9 Å². The minimum absolute atomic E-state index is 0.314. The fourth-order valence-electron chi connectivity index (χ4n) is 3.09. The van der Waals surface area contributed by atoms with Gasteiger partial charge in [0.25, 0.3) is 0 Å². The van der Waals surface area contributed by atoms with Crippen LogP contribution in [0.1, 0.15) is 22.3 Å². The lowest BCUT2D eigenvalue weighted by molar-refractivity contribution is -0.124. The van der Waals surface area contributed by atoms with E-state index < -0.39 is 11.9 Å². The number of nitrogens with two attached hydrogens (primary N) is 1. The molecule has 128 valence electrons. The minimum Gasteiger partial charge on any atom is -0.368 e. The molecule has 3 rings (SSSR count). The largest absolute Gasteiger partial charge is 0.368 e. The van der Waals surface area contributed by atoms with Crippen molar-refractivity contribution >= 4 is 17.2 Å². The Kier molecular flexibility index (Phi) is 5.23. The zero-order valence-corrected chi connectivity index (χ0v) is 14.4. The van der Waals surface area contributed by atoms with Gasteiger partial charge in [0.05, 0.1) is 10.7 Å². The Labute approximate surface area is 144 Å². The molecule has 1 amide bonds. The minimum atomic E-state index is -0.505. The summed E-state index contributed by atoms with van der Waals surface area (Å²) in [5.74, 6) is -0.712. The average molecular weight is 348 g/mol. The first-order chi connectivity index (χ1) is 11.5. The average Bonchev–Trinajstić information content (AvgIpc) is 2.96. The molecular formula is C17H21FN4OS. The van der Waals surface area contributed by atoms with Gasteiger partial charge < -0.3 is 5.73 Å². The van der Waals surface area contributed by atoms with Crippen LogP contribution in [0, 0.1) is 12.7 Å². The van der Waals surface area contributed by atoms with Gasteiger partial charge in [0.1, 0.15) is 11.9 Å². The number of rotatable bonds is 5. The van der Waals surface area contributed by atoms with E-state index >= 15 is 0 Å². The third-order valence-electron chi connectivity index (χ3n) is 4.28. The number of thiazole rings is 1. The second kappa shape index (κ2) is 7.38. The van der Waals surface area contributed by atoms with Crippen LogP contribution >= 0.6 is 11.3 Å². The van der Waals surface area contributed by atoms with Crippen LogP contribution < -0.4 is 5.73 Å². The van der Waals surface area contributed by atoms with Crippen molar-refractivity contribution in [3.05, 3.63) is 51.7 Å². The zero-order chi connectivity index (χ0) is 17.1. The number of hydrogen-bond donors (Lipinski definition) is 1. The molecule has 2 N–H and O–H groups in total. The van der Waals surface area contributed by atoms with Crippen molar-refractivity contribution in [2.24, 2.45) is 5.73 Å². The molecule has 7 heteroatoms. The zero-order valence-electron chi connectivity index (χ0n) is 13.6. The number of aryl methyl sites for hydroxylation is 1. The smallest absolute Gasteiger partial charge is 0.239 e. The van der Waals surface area contributed by atoms with Gasteiger partial charge in [0.2, 0.25) is 5.91 Å². The maximum absolute atomic E-state index is 13.1. The number of carbonyl (C=O) groups is 1. The summed E-state index contributed by atoms with van der Waals surface area (Å²) in [6.07, 6.45) is 0. The van der Waals surface area contributed by atoms with E-state index in [-0.39, 0.29) is 5.82 Å². The van der Waals surface area contributed by atoms with Crippen molar-refractivity contribution in [1.82, 2.24) is 14.8 Å². The van der Waals surface area contributed by atoms with Gasteiger partial charge in [0.15, 0.2) is 0 Å². The highest BCUT2D eigenvalue weighted by Gasteiger charge is 2.29. The van der Waals surface area contributed by atoms with E-state index in [4.69, 9.17) is 5.73 Å². The maximum atomic E-state index is 13.1. The fourth-order valence-corrected chi connectivity index (χ4v) is 3.69. The molecule has 2 aromatic rings. The second-order valence-electron chi connectivity index (χ2n) is 6.03. The maximum Gasteiger partial charge on any atom is 0.239 e. The van der Waals surface area contributed by atoms with Crippen LogP contribution in [0.3, 0.4) is 0 Å². The number of benzene rings is 1. The van der Waals surface area contributed by atoms with Crippen molar-refractivity contribution in [3.8, 4) is 0 Å². The molecule has 0 radical (unpaired) electrons. The van der Waals surface area contributed by atoms with Crippen molar-refractivity contribution in [3.63, 3.8) is 0 Å². The lowest BCUT2D eigenvalue weighted by atomic mass is 10.0. The second-order valence-corrected chi connectivity index (χ2v) is 7.09. The van der Waals surface area contributed by atoms with Crippen molar-refractivity contribution in [2.75, 3.05) is 26.2 Å². The van der Waals surface area contributed by atoms with Crippen LogP contribution in [0.15, 0.2) is 29.6 Å². The number of amides is 1. The molecule has 0 unspecified atom stereocenters. The quantitative estimate of drug-likeness (QED) is 0.897. The van der Waals surface area contributed by atoms with Crippen LogP contribution in [0.25, 0.3) is 0 Å². The number of primary amides is 1. The molecule has 2 heterocycles. The third kappa shape index (κ3) is 3.98. The molecule has 1 aromatic heterocycles. The number of aromatic nitrogens is 1. The van der Waals surface area contributed by atoms with Gasteiger partial charge in [-0.05, 0) is 24.6 Å². The lowest BCUT2D eigenvalue weighted by Crippen LogP contribution is -2.50. The Morgan fingerprint density at radius 2 is 1.96 bits per heavy atom. The summed E-state index contributed by atoms with van der Waals surface area (Å²) >= 11 is 1.66. The van der Waals surface area contributed by atoms with Crippen molar-refractivity contribution in [1.29, 1.82) is 0 Å². The first kappa shape index (κ1) is 17.0. The Bertz CT molecular complexity index is 695. The van der Waals surface area contributed by atoms with E-state index in [1.807, 2.05) is 6.92 Å². The molecular weight excluding hydrogens is 327 g/mol. The first-order valence-electron chi connectivity index (χ1n) is 7.95. The Morgan fingerprint density at radius 3 is 2.50 bits per heavy atom. The standard InChI is InChI=1S/C17H21FN4OS/c1-12-20-15(11-24-12)10-21-6-8-22(9-7-21)16(17(19)23)13-2-4-14(18)5-3-13/h2-5,11,16H,6-10H2,1H3,(H2,19,23)/t16-/m1/s1. The molecule has 0 spiro atoms. The normalized spacial score (nSPS) is 17.8. The summed E-state index contributed by atoms with van der Waals surface area (Å²) < 4.78 is 13.1. The van der Waals surface area contributed by atoms with Gasteiger partial charge in [-0.25, -0.2) is 9.37 Å². The van der Waals surface area contributed by atoms with Crippen LogP contribution in [-0.2, 0) is 11.3 Å². The molecule has 0 saturated carbocycles. The van der Waals surface area contributed by atoms with Gasteiger partial charge in [-0.3, -0.25) is 14.6 Å². The molecule has 1 fully saturated rings. The number of piperazine rings is 1. The number of carbonyl (C=O) groups excluding carboxylic acids is 1. The molecule has 0 bridgehead atoms. The van der Waals surface area contributed by atoms with E-state index in [1.165, 1.54) is 12.1 Å². The Hall–Kier alpha value is -1.83. The summed E-state index contributed by atoms with van der Waals surface area (Å²) in [6.45, 7) is 6.02. The summed E-state index contributed by atoms with van der Waals surface area (Å²) in [5.41, 5.74) is 7.44. The predicted molar refractivity (Wildman–Crippen MR) is 92.0 cm³/mol. The topological polar surface area (TPSA) is 62.5 Å². The van der Waals surface area contributed by atoms with Crippen molar-refractivity contribution in [2.45, 2.75) is 19.5 Å². The van der Waals surface area contributed by atoms with E-state index in [2.05, 4.69) is 20.2 Å². The molecule has 5 nitrogen and oxygen atoms in total. The van der Waals surface area contributed by atoms with E-state index in [9.17, 15) is 9.18 Å². The first-order valence-corrected chi connectivity index (χ1v) is 8.83. The van der Waals surface area contributed by atoms with Gasteiger partial charge in [-0.15, -0.1) is 11.3 Å². The van der Waals surface area contributed by atoms with Gasteiger partial charge in [-0.1, -0.05) is 12.1 Å². The highest BCUT2D eigenvalue weighted by molar-refractivity contribution is 7.09. The highest BCUT2D eigenvalue weighted by atomic mass is 32.1. The van der Waals surface area contributed by atoms with Gasteiger partial charge in [0, 0.05) is 38.1 Å². The molecule has 24 heavy (non-hydrogen) atoms. The van der Waals surface area contributed by atoms with E-state index in [1.54, 1.807) is 23.5 Å². The summed E-state index contributed by atoms with van der Waals surface area (Å²) in [7, 11) is 0. The molecule has 1 atom stereocenters. The molecule has 1 aliphatic heterocycles. The van der Waals surface area contributed by atoms with Gasteiger partial charge >= 0.3 is 0 Å². The monoisotopic (exact) mass is 348 g/mol. The highest BCUT2D eigenvalue weighted by Crippen LogP contribution is 2.23. The Balaban J connectivity index is 1.63. The van der Waals surface area contributed by atoms with Crippen molar-refractivity contribution < 1.29 is 9.18 Å². The molecule has 1 aliphatic rings. The number of halogens is 1. The molecule has 1 aromatic carbocycles. The lowest BCUT2D eigenvalue weighted by Gasteiger charge is -2.38. The summed E-state index contributed by atoms with van der Waals surface area (Å²) in [4.78, 5) is 20.8. The fraction of sp³-hybridized carbons (Fsp3) is 0.412. The van der Waals surface area contributed by atoms with Crippen LogP contribution in [0.4, 0.5) is 4.39 Å². The predicted octanol–water partition coefficient (Wildman–Crippen LogP) is 1.93. The molecule has 1 saturated heterocycles. The summed E-state index contributed by atoms with van der Waals surface area (Å²) in [6, 6.07) is 5.50. The Morgan fingerprint density at radius 1 is 1.29 bits per heavy atom. The van der Waals surface area contributed by atoms with Crippen LogP contribution in [0.5, 0.6) is 0 Å². The van der Waals surface area contributed by atoms with E-state index in [0.717, 1.165) is 49.0 Å². The van der Waals surface area contributed by atoms with Gasteiger partial charge in [-0.2, -0.15) is 0 Å². The van der Waals surface area contributed by atoms with E-state index in [0.29, 0.717) is 0 Å². The van der Waals surface area contributed by atoms with Crippen LogP contribution in [0.2, 0.25) is 0 Å². The third-order valence-corrected chi connectivity index (χ3v) is 5.10.